The minimum Gasteiger partial charge on any atom is -0.496 e. The van der Waals surface area contributed by atoms with Crippen molar-refractivity contribution in [1.82, 2.24) is 4.90 Å². The van der Waals surface area contributed by atoms with E-state index in [-0.39, 0.29) is 5.91 Å². The number of nitrogens with zero attached hydrogens (tertiary/aromatic N) is 1. The standard InChI is InChI=1S/C13H17BrN2O2/c1-18-12-6-10(14)2-3-11(12)13(17)16-5-4-9(7-15)8-16/h2-3,6,9H,4-5,7-8,15H2,1H3/t9-/m1/s1. The van der Waals surface area contributed by atoms with Crippen molar-refractivity contribution in [3.63, 3.8) is 0 Å². The van der Waals surface area contributed by atoms with E-state index in [4.69, 9.17) is 10.5 Å². The summed E-state index contributed by atoms with van der Waals surface area (Å²) in [7, 11) is 1.57. The van der Waals surface area contributed by atoms with E-state index in [0.29, 0.717) is 23.8 Å². The zero-order valence-corrected chi connectivity index (χ0v) is 11.9. The average molecular weight is 313 g/mol. The lowest BCUT2D eigenvalue weighted by Crippen LogP contribution is -2.30. The summed E-state index contributed by atoms with van der Waals surface area (Å²) in [6.45, 7) is 2.16. The Labute approximate surface area is 115 Å². The SMILES string of the molecule is COc1cc(Br)ccc1C(=O)N1CC[C@H](CN)C1. The van der Waals surface area contributed by atoms with Crippen LogP contribution in [0.25, 0.3) is 0 Å². The number of hydrogen-bond acceptors (Lipinski definition) is 3. The summed E-state index contributed by atoms with van der Waals surface area (Å²) < 4.78 is 6.16. The fourth-order valence-electron chi connectivity index (χ4n) is 2.22. The third kappa shape index (κ3) is 2.67. The van der Waals surface area contributed by atoms with Gasteiger partial charge in [0.25, 0.3) is 5.91 Å². The van der Waals surface area contributed by atoms with Gasteiger partial charge in [-0.15, -0.1) is 0 Å². The summed E-state index contributed by atoms with van der Waals surface area (Å²) in [6.07, 6.45) is 0.987. The number of rotatable bonds is 3. The monoisotopic (exact) mass is 312 g/mol. The molecule has 1 aliphatic rings. The van der Waals surface area contributed by atoms with Gasteiger partial charge in [-0.3, -0.25) is 4.79 Å². The summed E-state index contributed by atoms with van der Waals surface area (Å²) >= 11 is 3.37. The Hall–Kier alpha value is -1.07. The third-order valence-corrected chi connectivity index (χ3v) is 3.79. The molecule has 0 unspecified atom stereocenters. The minimum absolute atomic E-state index is 0.0234. The number of nitrogens with two attached hydrogens (primary N) is 1. The molecular formula is C13H17BrN2O2. The molecule has 0 bridgehead atoms. The van der Waals surface area contributed by atoms with Crippen LogP contribution in [-0.4, -0.2) is 37.6 Å². The smallest absolute Gasteiger partial charge is 0.257 e. The van der Waals surface area contributed by atoms with Crippen molar-refractivity contribution in [3.8, 4) is 5.75 Å². The molecule has 0 spiro atoms. The summed E-state index contributed by atoms with van der Waals surface area (Å²) in [5, 5.41) is 0. The zero-order chi connectivity index (χ0) is 13.1. The normalized spacial score (nSPS) is 19.1. The third-order valence-electron chi connectivity index (χ3n) is 3.30. The quantitative estimate of drug-likeness (QED) is 0.927. The molecule has 0 aliphatic carbocycles. The molecular weight excluding hydrogens is 296 g/mol. The first-order valence-electron chi connectivity index (χ1n) is 5.98. The Morgan fingerprint density at radius 2 is 2.39 bits per heavy atom. The Bertz CT molecular complexity index is 451. The Morgan fingerprint density at radius 3 is 3.00 bits per heavy atom. The molecule has 4 nitrogen and oxygen atoms in total. The van der Waals surface area contributed by atoms with E-state index < -0.39 is 0 Å². The van der Waals surface area contributed by atoms with Gasteiger partial charge in [0.2, 0.25) is 0 Å². The Kier molecular flexibility index (Phi) is 4.24. The molecule has 98 valence electrons. The first kappa shape index (κ1) is 13.4. The highest BCUT2D eigenvalue weighted by Crippen LogP contribution is 2.26. The number of carbonyl (C=O) groups is 1. The second-order valence-corrected chi connectivity index (χ2v) is 5.40. The molecule has 18 heavy (non-hydrogen) atoms. The van der Waals surface area contributed by atoms with Crippen LogP contribution in [-0.2, 0) is 0 Å². The van der Waals surface area contributed by atoms with Crippen LogP contribution in [0.4, 0.5) is 0 Å². The van der Waals surface area contributed by atoms with Gasteiger partial charge in [0, 0.05) is 17.6 Å². The first-order chi connectivity index (χ1) is 8.65. The Balaban J connectivity index is 2.19. The maximum Gasteiger partial charge on any atom is 0.257 e. The topological polar surface area (TPSA) is 55.6 Å². The van der Waals surface area contributed by atoms with Gasteiger partial charge >= 0.3 is 0 Å². The lowest BCUT2D eigenvalue weighted by Gasteiger charge is -2.18. The molecule has 1 aliphatic heterocycles. The molecule has 1 saturated heterocycles. The Morgan fingerprint density at radius 1 is 1.61 bits per heavy atom. The number of amides is 1. The van der Waals surface area contributed by atoms with Crippen LogP contribution in [0.1, 0.15) is 16.8 Å². The second kappa shape index (κ2) is 5.71. The van der Waals surface area contributed by atoms with E-state index in [0.717, 1.165) is 24.0 Å². The molecule has 1 heterocycles. The fraction of sp³-hybridized carbons (Fsp3) is 0.462. The molecule has 1 amide bonds. The highest BCUT2D eigenvalue weighted by molar-refractivity contribution is 9.10. The summed E-state index contributed by atoms with van der Waals surface area (Å²) in [5.41, 5.74) is 6.25. The maximum absolute atomic E-state index is 12.4. The minimum atomic E-state index is 0.0234. The molecule has 2 N–H and O–H groups in total. The van der Waals surface area contributed by atoms with Crippen molar-refractivity contribution in [2.45, 2.75) is 6.42 Å². The van der Waals surface area contributed by atoms with E-state index in [2.05, 4.69) is 15.9 Å². The van der Waals surface area contributed by atoms with Crippen molar-refractivity contribution in [3.05, 3.63) is 28.2 Å². The van der Waals surface area contributed by atoms with E-state index in [1.807, 2.05) is 17.0 Å². The maximum atomic E-state index is 12.4. The number of methoxy groups -OCH3 is 1. The number of ether oxygens (including phenoxy) is 1. The van der Waals surface area contributed by atoms with Crippen LogP contribution in [0.3, 0.4) is 0 Å². The molecule has 1 atom stereocenters. The van der Waals surface area contributed by atoms with Gasteiger partial charge in [-0.05, 0) is 37.1 Å². The predicted octanol–water partition coefficient (Wildman–Crippen LogP) is 1.88. The molecule has 1 fully saturated rings. The van der Waals surface area contributed by atoms with Gasteiger partial charge in [-0.1, -0.05) is 15.9 Å². The number of benzene rings is 1. The van der Waals surface area contributed by atoms with E-state index in [1.54, 1.807) is 13.2 Å². The van der Waals surface area contributed by atoms with Crippen molar-refractivity contribution in [1.29, 1.82) is 0 Å². The predicted molar refractivity (Wildman–Crippen MR) is 73.8 cm³/mol. The van der Waals surface area contributed by atoms with Crippen molar-refractivity contribution < 1.29 is 9.53 Å². The lowest BCUT2D eigenvalue weighted by atomic mass is 10.1. The van der Waals surface area contributed by atoms with Gasteiger partial charge in [0.1, 0.15) is 5.75 Å². The largest absolute Gasteiger partial charge is 0.496 e. The summed E-state index contributed by atoms with van der Waals surface area (Å²) in [6, 6.07) is 5.46. The molecule has 0 aromatic heterocycles. The molecule has 0 radical (unpaired) electrons. The fourth-order valence-corrected chi connectivity index (χ4v) is 2.56. The van der Waals surface area contributed by atoms with Gasteiger partial charge in [-0.2, -0.15) is 0 Å². The molecule has 2 rings (SSSR count). The molecule has 1 aromatic carbocycles. The van der Waals surface area contributed by atoms with Crippen LogP contribution in [0, 0.1) is 5.92 Å². The van der Waals surface area contributed by atoms with Crippen molar-refractivity contribution in [2.24, 2.45) is 11.7 Å². The van der Waals surface area contributed by atoms with Crippen LogP contribution in [0.15, 0.2) is 22.7 Å². The summed E-state index contributed by atoms with van der Waals surface area (Å²) in [5.74, 6) is 1.05. The van der Waals surface area contributed by atoms with Crippen LogP contribution in [0.5, 0.6) is 5.75 Å². The van der Waals surface area contributed by atoms with E-state index >= 15 is 0 Å². The first-order valence-corrected chi connectivity index (χ1v) is 6.78. The van der Waals surface area contributed by atoms with Gasteiger partial charge in [0.15, 0.2) is 0 Å². The molecule has 1 aromatic rings. The molecule has 0 saturated carbocycles. The zero-order valence-electron chi connectivity index (χ0n) is 10.4. The highest BCUT2D eigenvalue weighted by Gasteiger charge is 2.27. The summed E-state index contributed by atoms with van der Waals surface area (Å²) in [4.78, 5) is 14.2. The van der Waals surface area contributed by atoms with E-state index in [9.17, 15) is 4.79 Å². The lowest BCUT2D eigenvalue weighted by molar-refractivity contribution is 0.0784. The highest BCUT2D eigenvalue weighted by atomic mass is 79.9. The van der Waals surface area contributed by atoms with Gasteiger partial charge in [-0.25, -0.2) is 0 Å². The van der Waals surface area contributed by atoms with Gasteiger partial charge < -0.3 is 15.4 Å². The van der Waals surface area contributed by atoms with Crippen molar-refractivity contribution in [2.75, 3.05) is 26.7 Å². The van der Waals surface area contributed by atoms with Gasteiger partial charge in [0.05, 0.1) is 12.7 Å². The van der Waals surface area contributed by atoms with Crippen LogP contribution in [0.2, 0.25) is 0 Å². The van der Waals surface area contributed by atoms with Crippen LogP contribution < -0.4 is 10.5 Å². The number of likely N-dealkylation sites (tertiary alicyclic amines) is 1. The number of carbonyl (C=O) groups excluding carboxylic acids is 1. The molecule has 5 heteroatoms. The number of halogens is 1. The average Bonchev–Trinajstić information content (AvgIpc) is 2.86. The van der Waals surface area contributed by atoms with E-state index in [1.165, 1.54) is 0 Å². The van der Waals surface area contributed by atoms with Crippen LogP contribution >= 0.6 is 15.9 Å². The van der Waals surface area contributed by atoms with Crippen molar-refractivity contribution >= 4 is 21.8 Å². The second-order valence-electron chi connectivity index (χ2n) is 4.49. The number of hydrogen-bond donors (Lipinski definition) is 1.